The quantitative estimate of drug-likeness (QED) is 0.563. The van der Waals surface area contributed by atoms with Crippen LogP contribution in [0.1, 0.15) is 5.01 Å². The molecule has 1 aromatic carbocycles. The highest BCUT2D eigenvalue weighted by Gasteiger charge is 2.05. The molecule has 0 aliphatic heterocycles. The van der Waals surface area contributed by atoms with Crippen LogP contribution < -0.4 is 0 Å². The molecule has 0 atom stereocenters. The molecule has 0 saturated heterocycles. The molecule has 0 fully saturated rings. The van der Waals surface area contributed by atoms with Crippen molar-refractivity contribution >= 4 is 11.3 Å². The molecule has 3 aromatic heterocycles. The number of nitrogens with zero attached hydrogens (tertiary/aromatic N) is 4. The van der Waals surface area contributed by atoms with Crippen molar-refractivity contribution in [3.8, 4) is 28.2 Å². The van der Waals surface area contributed by atoms with E-state index in [0.717, 1.165) is 33.2 Å². The van der Waals surface area contributed by atoms with E-state index in [1.165, 1.54) is 0 Å². The Hall–Kier alpha value is -2.79. The van der Waals surface area contributed by atoms with E-state index >= 15 is 0 Å². The van der Waals surface area contributed by atoms with Crippen LogP contribution in [0.25, 0.3) is 28.2 Å². The molecule has 4 rings (SSSR count). The fraction of sp³-hybridized carbons (Fsp3) is 0.0556. The number of hydrogen-bond donors (Lipinski definition) is 0. The summed E-state index contributed by atoms with van der Waals surface area (Å²) in [5.41, 5.74) is 5.06. The van der Waals surface area contributed by atoms with E-state index in [1.54, 1.807) is 17.5 Å². The first kappa shape index (κ1) is 13.8. The number of thiazole rings is 1. The van der Waals surface area contributed by atoms with Gasteiger partial charge in [-0.25, -0.2) is 9.67 Å². The minimum atomic E-state index is 0.940. The van der Waals surface area contributed by atoms with Crippen LogP contribution in [0.3, 0.4) is 0 Å². The van der Waals surface area contributed by atoms with Gasteiger partial charge in [-0.2, -0.15) is 5.10 Å². The van der Waals surface area contributed by atoms with Gasteiger partial charge in [-0.05, 0) is 37.3 Å². The molecule has 0 spiro atoms. The summed E-state index contributed by atoms with van der Waals surface area (Å²) in [6.45, 7) is 2.01. The van der Waals surface area contributed by atoms with Gasteiger partial charge in [0.1, 0.15) is 0 Å². The number of pyridine rings is 1. The molecular weight excluding hydrogens is 304 g/mol. The third-order valence-electron chi connectivity index (χ3n) is 3.59. The SMILES string of the molecule is Cc1nc(-c2ccc(-c3cccc(-n4cccn4)c3)nc2)cs1. The van der Waals surface area contributed by atoms with Gasteiger partial charge in [-0.3, -0.25) is 4.98 Å². The van der Waals surface area contributed by atoms with Gasteiger partial charge in [0.15, 0.2) is 0 Å². The Morgan fingerprint density at radius 3 is 2.65 bits per heavy atom. The van der Waals surface area contributed by atoms with Gasteiger partial charge in [0.25, 0.3) is 0 Å². The second-order valence-corrected chi connectivity index (χ2v) is 6.25. The average molecular weight is 318 g/mol. The topological polar surface area (TPSA) is 43.6 Å². The van der Waals surface area contributed by atoms with Crippen molar-refractivity contribution in [1.82, 2.24) is 19.7 Å². The molecule has 5 heteroatoms. The van der Waals surface area contributed by atoms with E-state index < -0.39 is 0 Å². The highest BCUT2D eigenvalue weighted by atomic mass is 32.1. The summed E-state index contributed by atoms with van der Waals surface area (Å²) in [6.07, 6.45) is 5.58. The van der Waals surface area contributed by atoms with Crippen molar-refractivity contribution in [2.75, 3.05) is 0 Å². The summed E-state index contributed by atoms with van der Waals surface area (Å²) in [5.74, 6) is 0. The fourth-order valence-corrected chi connectivity index (χ4v) is 3.06. The first-order chi connectivity index (χ1) is 11.3. The van der Waals surface area contributed by atoms with Crippen molar-refractivity contribution in [2.45, 2.75) is 6.92 Å². The van der Waals surface area contributed by atoms with Crippen LogP contribution in [0.5, 0.6) is 0 Å². The average Bonchev–Trinajstić information content (AvgIpc) is 3.27. The summed E-state index contributed by atoms with van der Waals surface area (Å²) < 4.78 is 1.84. The van der Waals surface area contributed by atoms with Crippen molar-refractivity contribution in [3.05, 3.63) is 71.4 Å². The second-order valence-electron chi connectivity index (χ2n) is 5.18. The second kappa shape index (κ2) is 5.78. The fourth-order valence-electron chi connectivity index (χ4n) is 2.44. The van der Waals surface area contributed by atoms with Crippen molar-refractivity contribution in [2.24, 2.45) is 0 Å². The van der Waals surface area contributed by atoms with Crippen molar-refractivity contribution in [3.63, 3.8) is 0 Å². The summed E-state index contributed by atoms with van der Waals surface area (Å²) in [6, 6.07) is 14.2. The Morgan fingerprint density at radius 1 is 1.00 bits per heavy atom. The van der Waals surface area contributed by atoms with Gasteiger partial charge in [0.05, 0.1) is 22.1 Å². The van der Waals surface area contributed by atoms with Gasteiger partial charge in [-0.1, -0.05) is 12.1 Å². The largest absolute Gasteiger partial charge is 0.256 e. The van der Waals surface area contributed by atoms with Gasteiger partial charge < -0.3 is 0 Å². The molecule has 0 N–H and O–H groups in total. The maximum absolute atomic E-state index is 4.59. The van der Waals surface area contributed by atoms with Crippen LogP contribution in [0.2, 0.25) is 0 Å². The number of aryl methyl sites for hydroxylation is 1. The summed E-state index contributed by atoms with van der Waals surface area (Å²) >= 11 is 1.65. The van der Waals surface area contributed by atoms with Crippen molar-refractivity contribution < 1.29 is 0 Å². The number of rotatable bonds is 3. The number of benzene rings is 1. The zero-order valence-electron chi connectivity index (χ0n) is 12.5. The Bertz CT molecular complexity index is 924. The lowest BCUT2D eigenvalue weighted by atomic mass is 10.1. The molecule has 4 aromatic rings. The molecule has 0 radical (unpaired) electrons. The number of aromatic nitrogens is 4. The zero-order valence-corrected chi connectivity index (χ0v) is 13.4. The third-order valence-corrected chi connectivity index (χ3v) is 4.36. The van der Waals surface area contributed by atoms with Crippen LogP contribution in [0, 0.1) is 6.92 Å². The Kier molecular flexibility index (Phi) is 3.48. The number of hydrogen-bond acceptors (Lipinski definition) is 4. The first-order valence-corrected chi connectivity index (χ1v) is 8.16. The van der Waals surface area contributed by atoms with Crippen LogP contribution in [-0.4, -0.2) is 19.7 Å². The smallest absolute Gasteiger partial charge is 0.0901 e. The molecule has 0 bridgehead atoms. The molecule has 0 amide bonds. The van der Waals surface area contributed by atoms with Crippen LogP contribution in [0.4, 0.5) is 0 Å². The van der Waals surface area contributed by atoms with Crippen LogP contribution >= 0.6 is 11.3 Å². The van der Waals surface area contributed by atoms with E-state index in [2.05, 4.69) is 38.6 Å². The Labute approximate surface area is 138 Å². The zero-order chi connectivity index (χ0) is 15.6. The minimum absolute atomic E-state index is 0.940. The monoisotopic (exact) mass is 318 g/mol. The molecule has 23 heavy (non-hydrogen) atoms. The summed E-state index contributed by atoms with van der Waals surface area (Å²) in [7, 11) is 0. The molecule has 4 nitrogen and oxygen atoms in total. The third kappa shape index (κ3) is 2.78. The molecule has 0 unspecified atom stereocenters. The van der Waals surface area contributed by atoms with Crippen molar-refractivity contribution in [1.29, 1.82) is 0 Å². The van der Waals surface area contributed by atoms with Gasteiger partial charge in [0.2, 0.25) is 0 Å². The predicted octanol–water partition coefficient (Wildman–Crippen LogP) is 4.37. The maximum atomic E-state index is 4.59. The van der Waals surface area contributed by atoms with Crippen LogP contribution in [0.15, 0.2) is 66.4 Å². The van der Waals surface area contributed by atoms with E-state index in [4.69, 9.17) is 0 Å². The molecular formula is C18H14N4S. The van der Waals surface area contributed by atoms with Gasteiger partial charge in [0, 0.05) is 35.1 Å². The minimum Gasteiger partial charge on any atom is -0.256 e. The van der Waals surface area contributed by atoms with Gasteiger partial charge >= 0.3 is 0 Å². The molecule has 0 aliphatic carbocycles. The maximum Gasteiger partial charge on any atom is 0.0901 e. The normalized spacial score (nSPS) is 10.8. The predicted molar refractivity (Wildman–Crippen MR) is 92.6 cm³/mol. The highest BCUT2D eigenvalue weighted by molar-refractivity contribution is 7.09. The van der Waals surface area contributed by atoms with Gasteiger partial charge in [-0.15, -0.1) is 11.3 Å². The van der Waals surface area contributed by atoms with E-state index in [-0.39, 0.29) is 0 Å². The Morgan fingerprint density at radius 2 is 1.96 bits per heavy atom. The molecule has 112 valence electrons. The Balaban J connectivity index is 1.67. The summed E-state index contributed by atoms with van der Waals surface area (Å²) in [4.78, 5) is 9.09. The lowest BCUT2D eigenvalue weighted by molar-refractivity contribution is 0.881. The van der Waals surface area contributed by atoms with E-state index in [0.29, 0.717) is 0 Å². The molecule has 3 heterocycles. The lowest BCUT2D eigenvalue weighted by Gasteiger charge is -2.06. The first-order valence-electron chi connectivity index (χ1n) is 7.28. The standard InChI is InChI=1S/C18H14N4S/c1-13-21-18(12-23-13)15-6-7-17(19-11-15)14-4-2-5-16(10-14)22-9-3-8-20-22/h2-12H,1H3. The molecule has 0 saturated carbocycles. The molecule has 0 aliphatic rings. The van der Waals surface area contributed by atoms with Crippen LogP contribution in [-0.2, 0) is 0 Å². The highest BCUT2D eigenvalue weighted by Crippen LogP contribution is 2.24. The summed E-state index contributed by atoms with van der Waals surface area (Å²) in [5, 5.41) is 7.39. The van der Waals surface area contributed by atoms with E-state index in [1.807, 2.05) is 48.3 Å². The van der Waals surface area contributed by atoms with E-state index in [9.17, 15) is 0 Å². The lowest BCUT2D eigenvalue weighted by Crippen LogP contribution is -1.94.